The maximum atomic E-state index is 13.0. The van der Waals surface area contributed by atoms with E-state index in [1.54, 1.807) is 12.4 Å². The number of hydrogen-bond acceptors (Lipinski definition) is 6. The number of carbonyl (C=O) groups is 2. The van der Waals surface area contributed by atoms with Crippen molar-refractivity contribution in [2.45, 2.75) is 18.9 Å². The molecule has 0 amide bonds. The van der Waals surface area contributed by atoms with Crippen molar-refractivity contribution in [1.82, 2.24) is 4.90 Å². The van der Waals surface area contributed by atoms with Crippen LogP contribution in [0.2, 0.25) is 0 Å². The van der Waals surface area contributed by atoms with E-state index in [0.29, 0.717) is 35.6 Å². The Labute approximate surface area is 211 Å². The van der Waals surface area contributed by atoms with Crippen LogP contribution >= 0.6 is 0 Å². The molecule has 1 aliphatic rings. The van der Waals surface area contributed by atoms with Gasteiger partial charge < -0.3 is 19.1 Å². The molecule has 3 aromatic carbocycles. The second-order valence-electron chi connectivity index (χ2n) is 8.37. The highest BCUT2D eigenvalue weighted by Crippen LogP contribution is 2.41. The number of esters is 2. The second-order valence-corrected chi connectivity index (χ2v) is 8.37. The molecule has 0 fully saturated rings. The molecule has 3 aromatic rings. The smallest absolute Gasteiger partial charge is 0.336 e. The summed E-state index contributed by atoms with van der Waals surface area (Å²) in [5.74, 6) is -1.16. The first kappa shape index (κ1) is 24.8. The Balaban J connectivity index is 1.69. The van der Waals surface area contributed by atoms with Gasteiger partial charge in [-0.3, -0.25) is 0 Å². The summed E-state index contributed by atoms with van der Waals surface area (Å²) in [5, 5.41) is 0. The summed E-state index contributed by atoms with van der Waals surface area (Å²) < 4.78 is 16.4. The molecule has 1 heterocycles. The van der Waals surface area contributed by atoms with Gasteiger partial charge in [0.15, 0.2) is 0 Å². The van der Waals surface area contributed by atoms with Crippen molar-refractivity contribution >= 4 is 11.9 Å². The van der Waals surface area contributed by atoms with Crippen molar-refractivity contribution in [3.05, 3.63) is 125 Å². The van der Waals surface area contributed by atoms with Crippen molar-refractivity contribution in [3.8, 4) is 5.75 Å². The molecule has 184 valence electrons. The molecule has 0 aromatic heterocycles. The normalized spacial score (nSPS) is 13.4. The van der Waals surface area contributed by atoms with E-state index >= 15 is 0 Å². The van der Waals surface area contributed by atoms with Gasteiger partial charge in [0.05, 0.1) is 31.3 Å². The molecule has 0 saturated carbocycles. The Hall–Kier alpha value is -4.32. The molecule has 6 nitrogen and oxygen atoms in total. The van der Waals surface area contributed by atoms with Gasteiger partial charge in [0.2, 0.25) is 0 Å². The lowest BCUT2D eigenvalue weighted by Gasteiger charge is -2.31. The van der Waals surface area contributed by atoms with Crippen LogP contribution in [0.25, 0.3) is 0 Å². The SMILES string of the molecule is COC(=O)C1=CN(CCc2ccccc2)C=C(C(=O)OC)C1c1ccccc1OCc1ccccc1. The van der Waals surface area contributed by atoms with E-state index in [-0.39, 0.29) is 0 Å². The van der Waals surface area contributed by atoms with Crippen LogP contribution in [0.3, 0.4) is 0 Å². The van der Waals surface area contributed by atoms with E-state index in [1.807, 2.05) is 89.8 Å². The number of rotatable bonds is 9. The van der Waals surface area contributed by atoms with Crippen molar-refractivity contribution in [2.75, 3.05) is 20.8 Å². The van der Waals surface area contributed by atoms with Crippen LogP contribution in [0.1, 0.15) is 22.6 Å². The maximum Gasteiger partial charge on any atom is 0.336 e. The summed E-state index contributed by atoms with van der Waals surface area (Å²) in [4.78, 5) is 27.8. The summed E-state index contributed by atoms with van der Waals surface area (Å²) in [6, 6.07) is 27.3. The highest BCUT2D eigenvalue weighted by Gasteiger charge is 2.36. The van der Waals surface area contributed by atoms with E-state index in [2.05, 4.69) is 0 Å². The lowest BCUT2D eigenvalue weighted by atomic mass is 9.82. The summed E-state index contributed by atoms with van der Waals surface area (Å²) >= 11 is 0. The standard InChI is InChI=1S/C30H29NO5/c1-34-29(32)25-19-31(18-17-22-11-5-3-6-12-22)20-26(30(33)35-2)28(25)24-15-9-10-16-27(24)36-21-23-13-7-4-8-14-23/h3-16,19-20,28H,17-18,21H2,1-2H3. The van der Waals surface area contributed by atoms with Gasteiger partial charge in [-0.25, -0.2) is 9.59 Å². The average Bonchev–Trinajstić information content (AvgIpc) is 2.95. The molecular formula is C30H29NO5. The molecule has 1 aliphatic heterocycles. The minimum absolute atomic E-state index is 0.337. The number of nitrogens with zero attached hydrogens (tertiary/aromatic N) is 1. The van der Waals surface area contributed by atoms with Crippen LogP contribution in [0.4, 0.5) is 0 Å². The summed E-state index contributed by atoms with van der Waals surface area (Å²) in [6.45, 7) is 0.923. The molecule has 0 aliphatic carbocycles. The Morgan fingerprint density at radius 1 is 0.722 bits per heavy atom. The topological polar surface area (TPSA) is 65.1 Å². The molecule has 0 bridgehead atoms. The summed E-state index contributed by atoms with van der Waals surface area (Å²) in [7, 11) is 2.67. The van der Waals surface area contributed by atoms with Crippen LogP contribution in [-0.2, 0) is 32.1 Å². The van der Waals surface area contributed by atoms with Crippen LogP contribution in [-0.4, -0.2) is 37.6 Å². The molecule has 0 radical (unpaired) electrons. The van der Waals surface area contributed by atoms with Crippen LogP contribution in [0.15, 0.2) is 108 Å². The van der Waals surface area contributed by atoms with E-state index < -0.39 is 17.9 Å². The van der Waals surface area contributed by atoms with Gasteiger partial charge in [0, 0.05) is 24.5 Å². The van der Waals surface area contributed by atoms with Gasteiger partial charge in [0.25, 0.3) is 0 Å². The Bertz CT molecular complexity index is 1220. The summed E-state index contributed by atoms with van der Waals surface area (Å²) in [5.41, 5.74) is 3.52. The van der Waals surface area contributed by atoms with E-state index in [1.165, 1.54) is 14.2 Å². The third kappa shape index (κ3) is 5.84. The van der Waals surface area contributed by atoms with Crippen LogP contribution in [0, 0.1) is 0 Å². The third-order valence-corrected chi connectivity index (χ3v) is 6.04. The molecule has 6 heteroatoms. The van der Waals surface area contributed by atoms with Gasteiger partial charge >= 0.3 is 11.9 Å². The van der Waals surface area contributed by atoms with E-state index in [9.17, 15) is 9.59 Å². The molecular weight excluding hydrogens is 454 g/mol. The highest BCUT2D eigenvalue weighted by molar-refractivity contribution is 5.98. The molecule has 0 atom stereocenters. The van der Waals surface area contributed by atoms with Crippen molar-refractivity contribution < 1.29 is 23.8 Å². The van der Waals surface area contributed by atoms with Gasteiger partial charge in [0.1, 0.15) is 12.4 Å². The first-order valence-corrected chi connectivity index (χ1v) is 11.8. The fourth-order valence-corrected chi connectivity index (χ4v) is 4.24. The van der Waals surface area contributed by atoms with Gasteiger partial charge in [-0.1, -0.05) is 78.9 Å². The van der Waals surface area contributed by atoms with E-state index in [4.69, 9.17) is 14.2 Å². The molecule has 36 heavy (non-hydrogen) atoms. The lowest BCUT2D eigenvalue weighted by molar-refractivity contribution is -0.137. The molecule has 0 spiro atoms. The first-order valence-electron chi connectivity index (χ1n) is 11.8. The van der Waals surface area contributed by atoms with Gasteiger partial charge in [-0.15, -0.1) is 0 Å². The largest absolute Gasteiger partial charge is 0.489 e. The zero-order chi connectivity index (χ0) is 25.3. The Morgan fingerprint density at radius 3 is 1.83 bits per heavy atom. The molecule has 0 saturated heterocycles. The fourth-order valence-electron chi connectivity index (χ4n) is 4.24. The predicted molar refractivity (Wildman–Crippen MR) is 137 cm³/mol. The average molecular weight is 484 g/mol. The number of carbonyl (C=O) groups excluding carboxylic acids is 2. The number of hydrogen-bond donors (Lipinski definition) is 0. The van der Waals surface area contributed by atoms with Crippen LogP contribution in [0.5, 0.6) is 5.75 Å². The molecule has 4 rings (SSSR count). The van der Waals surface area contributed by atoms with Crippen molar-refractivity contribution in [1.29, 1.82) is 0 Å². The number of ether oxygens (including phenoxy) is 3. The van der Waals surface area contributed by atoms with Crippen molar-refractivity contribution in [2.24, 2.45) is 0 Å². The van der Waals surface area contributed by atoms with Crippen LogP contribution < -0.4 is 4.74 Å². The molecule has 0 N–H and O–H groups in total. The number of benzene rings is 3. The Kier molecular flexibility index (Phi) is 8.19. The zero-order valence-corrected chi connectivity index (χ0v) is 20.4. The number of para-hydroxylation sites is 1. The zero-order valence-electron chi connectivity index (χ0n) is 20.4. The first-order chi connectivity index (χ1) is 17.6. The van der Waals surface area contributed by atoms with Gasteiger partial charge in [-0.2, -0.15) is 0 Å². The fraction of sp³-hybridized carbons (Fsp3) is 0.200. The molecule has 0 unspecified atom stereocenters. The predicted octanol–water partition coefficient (Wildman–Crippen LogP) is 5.02. The lowest BCUT2D eigenvalue weighted by Crippen LogP contribution is -2.30. The quantitative estimate of drug-likeness (QED) is 0.398. The third-order valence-electron chi connectivity index (χ3n) is 6.04. The minimum atomic E-state index is -0.704. The Morgan fingerprint density at radius 2 is 1.25 bits per heavy atom. The highest BCUT2D eigenvalue weighted by atomic mass is 16.5. The van der Waals surface area contributed by atoms with E-state index in [0.717, 1.165) is 17.5 Å². The maximum absolute atomic E-state index is 13.0. The summed E-state index contributed by atoms with van der Waals surface area (Å²) in [6.07, 6.45) is 4.23. The van der Waals surface area contributed by atoms with Gasteiger partial charge in [-0.05, 0) is 23.6 Å². The second kappa shape index (κ2) is 11.9. The monoisotopic (exact) mass is 483 g/mol. The van der Waals surface area contributed by atoms with Crippen molar-refractivity contribution in [3.63, 3.8) is 0 Å². The number of methoxy groups -OCH3 is 2. The minimum Gasteiger partial charge on any atom is -0.489 e.